The van der Waals surface area contributed by atoms with E-state index < -0.39 is 0 Å². The molecular weight excluding hydrogens is 178 g/mol. The van der Waals surface area contributed by atoms with Crippen LogP contribution in [-0.4, -0.2) is 4.98 Å². The van der Waals surface area contributed by atoms with Gasteiger partial charge in [0.15, 0.2) is 0 Å². The van der Waals surface area contributed by atoms with Crippen molar-refractivity contribution in [1.29, 1.82) is 0 Å². The third-order valence-electron chi connectivity index (χ3n) is 2.29. The quantitative estimate of drug-likeness (QED) is 0.672. The second kappa shape index (κ2) is 3.11. The van der Waals surface area contributed by atoms with Gasteiger partial charge in [-0.15, -0.1) is 11.3 Å². The molecule has 68 valence electrons. The van der Waals surface area contributed by atoms with E-state index in [1.165, 1.54) is 26.4 Å². The number of benzene rings is 1. The van der Waals surface area contributed by atoms with Gasteiger partial charge in [0.1, 0.15) is 0 Å². The third-order valence-corrected chi connectivity index (χ3v) is 3.62. The Kier molecular flexibility index (Phi) is 2.08. The second-order valence-corrected chi connectivity index (χ2v) is 4.42. The van der Waals surface area contributed by atoms with Crippen LogP contribution in [0.3, 0.4) is 0 Å². The molecule has 0 atom stereocenters. The Bertz CT molecular complexity index is 404. The lowest BCUT2D eigenvalue weighted by molar-refractivity contribution is 1.11. The highest BCUT2D eigenvalue weighted by atomic mass is 32.1. The first-order chi connectivity index (χ1) is 6.22. The predicted octanol–water partition coefficient (Wildman–Crippen LogP) is 3.48. The van der Waals surface area contributed by atoms with Crippen LogP contribution in [0.25, 0.3) is 10.2 Å². The van der Waals surface area contributed by atoms with Crippen LogP contribution in [0.2, 0.25) is 0 Å². The Balaban J connectivity index is 2.80. The number of aromatic nitrogens is 1. The van der Waals surface area contributed by atoms with E-state index in [1.54, 1.807) is 0 Å². The van der Waals surface area contributed by atoms with Crippen LogP contribution < -0.4 is 0 Å². The largest absolute Gasteiger partial charge is 0.241 e. The van der Waals surface area contributed by atoms with Crippen LogP contribution in [0, 0.1) is 13.8 Å². The highest BCUT2D eigenvalue weighted by Gasteiger charge is 2.06. The minimum absolute atomic E-state index is 1.04. The van der Waals surface area contributed by atoms with Crippen molar-refractivity contribution in [1.82, 2.24) is 4.98 Å². The Morgan fingerprint density at radius 2 is 1.92 bits per heavy atom. The molecule has 0 amide bonds. The van der Waals surface area contributed by atoms with E-state index in [4.69, 9.17) is 0 Å². The molecule has 2 heteroatoms. The maximum Gasteiger partial charge on any atom is 0.0936 e. The molecule has 2 aromatic rings. The first-order valence-electron chi connectivity index (χ1n) is 4.58. The molecule has 0 bridgehead atoms. The van der Waals surface area contributed by atoms with Crippen LogP contribution in [0.15, 0.2) is 12.1 Å². The van der Waals surface area contributed by atoms with Crippen molar-refractivity contribution in [3.8, 4) is 0 Å². The molecule has 0 fully saturated rings. The van der Waals surface area contributed by atoms with Crippen LogP contribution in [0.5, 0.6) is 0 Å². The highest BCUT2D eigenvalue weighted by Crippen LogP contribution is 2.27. The summed E-state index contributed by atoms with van der Waals surface area (Å²) in [6, 6.07) is 4.33. The lowest BCUT2D eigenvalue weighted by Crippen LogP contribution is -1.79. The molecule has 1 nitrogen and oxygen atoms in total. The lowest BCUT2D eigenvalue weighted by Gasteiger charge is -1.96. The van der Waals surface area contributed by atoms with Crippen molar-refractivity contribution in [2.45, 2.75) is 27.2 Å². The van der Waals surface area contributed by atoms with Gasteiger partial charge in [-0.25, -0.2) is 4.98 Å². The summed E-state index contributed by atoms with van der Waals surface area (Å²) >= 11 is 1.83. The molecule has 1 aromatic heterocycles. The lowest BCUT2D eigenvalue weighted by atomic mass is 10.1. The van der Waals surface area contributed by atoms with Crippen LogP contribution in [-0.2, 0) is 6.42 Å². The molecule has 1 heterocycles. The predicted molar refractivity (Wildman–Crippen MR) is 58.5 cm³/mol. The number of hydrogen-bond acceptors (Lipinski definition) is 2. The Hall–Kier alpha value is -0.890. The minimum atomic E-state index is 1.04. The number of hydrogen-bond donors (Lipinski definition) is 0. The summed E-state index contributed by atoms with van der Waals surface area (Å²) in [5, 5.41) is 1.24. The molecule has 0 N–H and O–H groups in total. The molecule has 0 aliphatic carbocycles. The molecule has 0 aliphatic heterocycles. The number of fused-ring (bicyclic) bond motifs is 1. The van der Waals surface area contributed by atoms with Crippen molar-refractivity contribution >= 4 is 21.6 Å². The van der Waals surface area contributed by atoms with Crippen LogP contribution in [0.1, 0.15) is 23.1 Å². The summed E-state index contributed by atoms with van der Waals surface area (Å²) in [5.41, 5.74) is 3.83. The van der Waals surface area contributed by atoms with Gasteiger partial charge >= 0.3 is 0 Å². The van der Waals surface area contributed by atoms with E-state index in [9.17, 15) is 0 Å². The van der Waals surface area contributed by atoms with Gasteiger partial charge in [0.05, 0.1) is 15.2 Å². The molecule has 0 spiro atoms. The number of rotatable bonds is 1. The van der Waals surface area contributed by atoms with Crippen LogP contribution in [0.4, 0.5) is 0 Å². The van der Waals surface area contributed by atoms with Gasteiger partial charge in [-0.05, 0) is 31.4 Å². The van der Waals surface area contributed by atoms with Gasteiger partial charge < -0.3 is 0 Å². The van der Waals surface area contributed by atoms with Gasteiger partial charge in [0.2, 0.25) is 0 Å². The average molecular weight is 191 g/mol. The highest BCUT2D eigenvalue weighted by molar-refractivity contribution is 7.18. The SMILES string of the molecule is CCc1nc2c(C)ccc(C)c2s1. The molecule has 0 saturated heterocycles. The fraction of sp³-hybridized carbons (Fsp3) is 0.364. The molecule has 0 aliphatic rings. The van der Waals surface area contributed by atoms with Crippen molar-refractivity contribution in [2.24, 2.45) is 0 Å². The van der Waals surface area contributed by atoms with Crippen molar-refractivity contribution in [3.05, 3.63) is 28.3 Å². The minimum Gasteiger partial charge on any atom is -0.241 e. The Morgan fingerprint density at radius 3 is 2.54 bits per heavy atom. The summed E-state index contributed by atoms with van der Waals surface area (Å²) < 4.78 is 1.36. The van der Waals surface area contributed by atoms with Gasteiger partial charge in [-0.2, -0.15) is 0 Å². The normalized spacial score (nSPS) is 11.0. The number of thiazole rings is 1. The van der Waals surface area contributed by atoms with Crippen molar-refractivity contribution in [2.75, 3.05) is 0 Å². The number of nitrogens with zero attached hydrogens (tertiary/aromatic N) is 1. The summed E-state index contributed by atoms with van der Waals surface area (Å²) in [6.45, 7) is 6.43. The Morgan fingerprint density at radius 1 is 1.23 bits per heavy atom. The van der Waals surface area contributed by atoms with Gasteiger partial charge in [-0.1, -0.05) is 19.1 Å². The van der Waals surface area contributed by atoms with E-state index in [0.717, 1.165) is 6.42 Å². The van der Waals surface area contributed by atoms with E-state index in [2.05, 4.69) is 37.9 Å². The van der Waals surface area contributed by atoms with E-state index in [1.807, 2.05) is 11.3 Å². The monoisotopic (exact) mass is 191 g/mol. The first kappa shape index (κ1) is 8.70. The van der Waals surface area contributed by atoms with E-state index in [0.29, 0.717) is 0 Å². The molecule has 2 rings (SSSR count). The number of aryl methyl sites for hydroxylation is 3. The van der Waals surface area contributed by atoms with Gasteiger partial charge in [0, 0.05) is 0 Å². The maximum absolute atomic E-state index is 4.61. The summed E-state index contributed by atoms with van der Waals surface area (Å²) in [4.78, 5) is 4.61. The van der Waals surface area contributed by atoms with Crippen molar-refractivity contribution in [3.63, 3.8) is 0 Å². The zero-order chi connectivity index (χ0) is 9.42. The zero-order valence-corrected chi connectivity index (χ0v) is 9.03. The molecule has 13 heavy (non-hydrogen) atoms. The standard InChI is InChI=1S/C11H13NS/c1-4-9-12-10-7(2)5-6-8(3)11(10)13-9/h5-6H,4H2,1-3H3. The average Bonchev–Trinajstić information content (AvgIpc) is 2.56. The summed E-state index contributed by atoms with van der Waals surface area (Å²) in [6.07, 6.45) is 1.04. The second-order valence-electron chi connectivity index (χ2n) is 3.34. The topological polar surface area (TPSA) is 12.9 Å². The fourth-order valence-corrected chi connectivity index (χ4v) is 2.50. The van der Waals surface area contributed by atoms with Crippen LogP contribution >= 0.6 is 11.3 Å². The maximum atomic E-state index is 4.61. The fourth-order valence-electron chi connectivity index (χ4n) is 1.45. The summed E-state index contributed by atoms with van der Waals surface area (Å²) in [7, 11) is 0. The van der Waals surface area contributed by atoms with Crippen molar-refractivity contribution < 1.29 is 0 Å². The van der Waals surface area contributed by atoms with Gasteiger partial charge in [0.25, 0.3) is 0 Å². The van der Waals surface area contributed by atoms with Gasteiger partial charge in [-0.3, -0.25) is 0 Å². The summed E-state index contributed by atoms with van der Waals surface area (Å²) in [5.74, 6) is 0. The zero-order valence-electron chi connectivity index (χ0n) is 8.22. The molecule has 1 aromatic carbocycles. The molecule has 0 saturated carbocycles. The smallest absolute Gasteiger partial charge is 0.0936 e. The molecule has 0 radical (unpaired) electrons. The molecule has 0 unspecified atom stereocenters. The Labute approximate surface area is 82.4 Å². The third kappa shape index (κ3) is 1.35. The first-order valence-corrected chi connectivity index (χ1v) is 5.39. The van der Waals surface area contributed by atoms with E-state index >= 15 is 0 Å². The molecular formula is C11H13NS. The van der Waals surface area contributed by atoms with E-state index in [-0.39, 0.29) is 0 Å².